The van der Waals surface area contributed by atoms with Gasteiger partial charge in [-0.3, -0.25) is 4.79 Å². The smallest absolute Gasteiger partial charge is 0.261 e. The maximum Gasteiger partial charge on any atom is 0.261 e. The predicted octanol–water partition coefficient (Wildman–Crippen LogP) is 0.449. The fraction of sp³-hybridized carbons (Fsp3) is 0.429. The van der Waals surface area contributed by atoms with Gasteiger partial charge in [0, 0.05) is 7.11 Å². The van der Waals surface area contributed by atoms with Crippen molar-refractivity contribution in [3.8, 4) is 11.8 Å². The molecule has 108 valence electrons. The van der Waals surface area contributed by atoms with Gasteiger partial charge >= 0.3 is 0 Å². The maximum absolute atomic E-state index is 11.9. The van der Waals surface area contributed by atoms with E-state index < -0.39 is 12.1 Å². The summed E-state index contributed by atoms with van der Waals surface area (Å²) in [6.07, 6.45) is -0.782. The second-order valence-corrected chi connectivity index (χ2v) is 4.21. The third kappa shape index (κ3) is 4.53. The summed E-state index contributed by atoms with van der Waals surface area (Å²) in [4.78, 5) is 11.9. The molecule has 0 radical (unpaired) electrons. The van der Waals surface area contributed by atoms with Gasteiger partial charge in [-0.1, -0.05) is 12.1 Å². The number of nitriles is 1. The first kappa shape index (κ1) is 16.0. The summed E-state index contributed by atoms with van der Waals surface area (Å²) in [6.45, 7) is 1.57. The van der Waals surface area contributed by atoms with E-state index in [9.17, 15) is 4.79 Å². The minimum absolute atomic E-state index is 0.212. The van der Waals surface area contributed by atoms with Crippen LogP contribution < -0.4 is 10.1 Å². The Bertz CT molecular complexity index is 484. The Morgan fingerprint density at radius 3 is 2.80 bits per heavy atom. The number of methoxy groups -OCH3 is 1. The molecule has 0 fully saturated rings. The van der Waals surface area contributed by atoms with Gasteiger partial charge in [-0.25, -0.2) is 0 Å². The molecular formula is C14H18N2O4. The fourth-order valence-electron chi connectivity index (χ4n) is 1.57. The molecule has 0 aliphatic rings. The monoisotopic (exact) mass is 278 g/mol. The number of hydrogen-bond acceptors (Lipinski definition) is 5. The first-order chi connectivity index (χ1) is 9.62. The van der Waals surface area contributed by atoms with Crippen LogP contribution in [0.4, 0.5) is 0 Å². The van der Waals surface area contributed by atoms with Gasteiger partial charge in [0.2, 0.25) is 0 Å². The standard InChI is InChI=1S/C14H18N2O4/c1-10(14(18)16-12(8-17)9-19-2)20-13-6-4-3-5-11(13)7-15/h3-6,10,12,17H,8-9H2,1-2H3,(H,16,18). The second kappa shape index (κ2) is 8.15. The average Bonchev–Trinajstić information content (AvgIpc) is 2.47. The van der Waals surface area contributed by atoms with E-state index in [0.717, 1.165) is 0 Å². The van der Waals surface area contributed by atoms with Crippen LogP contribution in [-0.4, -0.2) is 43.5 Å². The number of amides is 1. The summed E-state index contributed by atoms with van der Waals surface area (Å²) in [7, 11) is 1.48. The van der Waals surface area contributed by atoms with Crippen molar-refractivity contribution in [3.05, 3.63) is 29.8 Å². The van der Waals surface area contributed by atoms with Crippen molar-refractivity contribution in [1.82, 2.24) is 5.32 Å². The fourth-order valence-corrected chi connectivity index (χ4v) is 1.57. The molecule has 1 rings (SSSR count). The zero-order valence-electron chi connectivity index (χ0n) is 11.5. The summed E-state index contributed by atoms with van der Waals surface area (Å²) in [6, 6.07) is 8.20. The van der Waals surface area contributed by atoms with Gasteiger partial charge in [-0.05, 0) is 19.1 Å². The Balaban J connectivity index is 2.64. The number of rotatable bonds is 7. The Labute approximate surface area is 117 Å². The predicted molar refractivity (Wildman–Crippen MR) is 72.1 cm³/mol. The van der Waals surface area contributed by atoms with Gasteiger partial charge in [0.05, 0.1) is 24.8 Å². The first-order valence-electron chi connectivity index (χ1n) is 6.18. The lowest BCUT2D eigenvalue weighted by Gasteiger charge is -2.19. The normalized spacial score (nSPS) is 13.1. The zero-order valence-corrected chi connectivity index (χ0v) is 11.5. The highest BCUT2D eigenvalue weighted by Gasteiger charge is 2.19. The van der Waals surface area contributed by atoms with Crippen molar-refractivity contribution in [2.75, 3.05) is 20.3 Å². The van der Waals surface area contributed by atoms with Crippen LogP contribution in [0, 0.1) is 11.3 Å². The molecule has 6 heteroatoms. The number of hydrogen-bond donors (Lipinski definition) is 2. The number of nitrogens with one attached hydrogen (secondary N) is 1. The minimum atomic E-state index is -0.782. The number of carbonyl (C=O) groups excluding carboxylic acids is 1. The lowest BCUT2D eigenvalue weighted by molar-refractivity contribution is -0.128. The molecule has 6 nitrogen and oxygen atoms in total. The molecule has 20 heavy (non-hydrogen) atoms. The number of nitrogens with zero attached hydrogens (tertiary/aromatic N) is 1. The van der Waals surface area contributed by atoms with Crippen LogP contribution in [0.1, 0.15) is 12.5 Å². The van der Waals surface area contributed by atoms with E-state index in [1.54, 1.807) is 31.2 Å². The molecule has 2 unspecified atom stereocenters. The van der Waals surface area contributed by atoms with E-state index in [0.29, 0.717) is 11.3 Å². The molecule has 2 atom stereocenters. The molecule has 1 amide bonds. The van der Waals surface area contributed by atoms with Crippen molar-refractivity contribution >= 4 is 5.91 Å². The van der Waals surface area contributed by atoms with Gasteiger partial charge < -0.3 is 19.9 Å². The summed E-state index contributed by atoms with van der Waals surface area (Å²) in [5.74, 6) is -0.0289. The highest BCUT2D eigenvalue weighted by molar-refractivity contribution is 5.81. The number of benzene rings is 1. The molecule has 0 aromatic heterocycles. The molecule has 0 saturated heterocycles. The van der Waals surface area contributed by atoms with Crippen LogP contribution >= 0.6 is 0 Å². The zero-order chi connectivity index (χ0) is 15.0. The third-order valence-electron chi connectivity index (χ3n) is 2.62. The molecule has 1 aromatic rings. The first-order valence-corrected chi connectivity index (χ1v) is 6.18. The van der Waals surface area contributed by atoms with E-state index in [-0.39, 0.29) is 19.1 Å². The molecule has 2 N–H and O–H groups in total. The molecule has 0 spiro atoms. The molecule has 0 bridgehead atoms. The average molecular weight is 278 g/mol. The summed E-state index contributed by atoms with van der Waals surface area (Å²) in [5.41, 5.74) is 0.364. The van der Waals surface area contributed by atoms with Crippen LogP contribution in [-0.2, 0) is 9.53 Å². The Hall–Kier alpha value is -2.10. The van der Waals surface area contributed by atoms with Crippen LogP contribution in [0.5, 0.6) is 5.75 Å². The SMILES string of the molecule is COCC(CO)NC(=O)C(C)Oc1ccccc1C#N. The van der Waals surface area contributed by atoms with Crippen molar-refractivity contribution in [1.29, 1.82) is 5.26 Å². The quantitative estimate of drug-likeness (QED) is 0.755. The number of para-hydroxylation sites is 1. The number of carbonyl (C=O) groups is 1. The van der Waals surface area contributed by atoms with Crippen LogP contribution in [0.15, 0.2) is 24.3 Å². The van der Waals surface area contributed by atoms with Crippen molar-refractivity contribution < 1.29 is 19.4 Å². The second-order valence-electron chi connectivity index (χ2n) is 4.21. The van der Waals surface area contributed by atoms with Crippen molar-refractivity contribution in [2.45, 2.75) is 19.1 Å². The highest BCUT2D eigenvalue weighted by atomic mass is 16.5. The van der Waals surface area contributed by atoms with E-state index in [4.69, 9.17) is 19.8 Å². The van der Waals surface area contributed by atoms with E-state index >= 15 is 0 Å². The van der Waals surface area contributed by atoms with Gasteiger partial charge in [0.15, 0.2) is 6.10 Å². The number of aliphatic hydroxyl groups is 1. The summed E-state index contributed by atoms with van der Waals surface area (Å²) < 4.78 is 10.3. The van der Waals surface area contributed by atoms with Gasteiger partial charge in [0.1, 0.15) is 11.8 Å². The van der Waals surface area contributed by atoms with Crippen LogP contribution in [0.25, 0.3) is 0 Å². The van der Waals surface area contributed by atoms with Gasteiger partial charge in [0.25, 0.3) is 5.91 Å². The third-order valence-corrected chi connectivity index (χ3v) is 2.62. The molecule has 0 aliphatic heterocycles. The number of aliphatic hydroxyl groups excluding tert-OH is 1. The summed E-state index contributed by atoms with van der Waals surface area (Å²) in [5, 5.41) is 20.6. The highest BCUT2D eigenvalue weighted by Crippen LogP contribution is 2.18. The molecule has 0 heterocycles. The van der Waals surface area contributed by atoms with E-state index in [1.807, 2.05) is 6.07 Å². The van der Waals surface area contributed by atoms with Crippen LogP contribution in [0.2, 0.25) is 0 Å². The Morgan fingerprint density at radius 2 is 2.20 bits per heavy atom. The molecule has 0 aliphatic carbocycles. The molecule has 1 aromatic carbocycles. The maximum atomic E-state index is 11.9. The topological polar surface area (TPSA) is 91.6 Å². The lowest BCUT2D eigenvalue weighted by atomic mass is 10.2. The molecule has 0 saturated carbocycles. The Kier molecular flexibility index (Phi) is 6.50. The molecular weight excluding hydrogens is 260 g/mol. The number of ether oxygens (including phenoxy) is 2. The van der Waals surface area contributed by atoms with Crippen LogP contribution in [0.3, 0.4) is 0 Å². The van der Waals surface area contributed by atoms with E-state index in [1.165, 1.54) is 7.11 Å². The van der Waals surface area contributed by atoms with Crippen molar-refractivity contribution in [2.24, 2.45) is 0 Å². The van der Waals surface area contributed by atoms with Crippen molar-refractivity contribution in [3.63, 3.8) is 0 Å². The van der Waals surface area contributed by atoms with E-state index in [2.05, 4.69) is 5.32 Å². The van der Waals surface area contributed by atoms with Gasteiger partial charge in [-0.15, -0.1) is 0 Å². The largest absolute Gasteiger partial charge is 0.480 e. The lowest BCUT2D eigenvalue weighted by Crippen LogP contribution is -2.46. The summed E-state index contributed by atoms with van der Waals surface area (Å²) >= 11 is 0. The van der Waals surface area contributed by atoms with Gasteiger partial charge in [-0.2, -0.15) is 5.26 Å². The Morgan fingerprint density at radius 1 is 1.50 bits per heavy atom. The minimum Gasteiger partial charge on any atom is -0.480 e.